The normalized spacial score (nSPS) is 15.9. The third-order valence-corrected chi connectivity index (χ3v) is 6.47. The smallest absolute Gasteiger partial charge is 0.297 e. The second-order valence-corrected chi connectivity index (χ2v) is 8.56. The van der Waals surface area contributed by atoms with Crippen LogP contribution in [0.5, 0.6) is 0 Å². The van der Waals surface area contributed by atoms with E-state index in [2.05, 4.69) is 4.98 Å². The molecular weight excluding hydrogens is 408 g/mol. The summed E-state index contributed by atoms with van der Waals surface area (Å²) in [5, 5.41) is 1.50. The van der Waals surface area contributed by atoms with Crippen molar-refractivity contribution in [2.75, 3.05) is 4.90 Å². The maximum atomic E-state index is 13.4. The lowest BCUT2D eigenvalue weighted by molar-refractivity contribution is 0.0971. The number of anilines is 1. The maximum Gasteiger partial charge on any atom is 0.297 e. The molecule has 1 aliphatic rings. The van der Waals surface area contributed by atoms with Gasteiger partial charge in [-0.2, -0.15) is 0 Å². The molecule has 1 amide bonds. The van der Waals surface area contributed by atoms with Crippen LogP contribution in [0.4, 0.5) is 5.13 Å². The molecule has 0 unspecified atom stereocenters. The van der Waals surface area contributed by atoms with Crippen LogP contribution in [0.3, 0.4) is 0 Å². The number of nitrogens with zero attached hydrogens (tertiary/aromatic N) is 2. The minimum Gasteiger partial charge on any atom is -0.450 e. The Balaban J connectivity index is 1.84. The molecule has 1 atom stereocenters. The van der Waals surface area contributed by atoms with Gasteiger partial charge in [-0.25, -0.2) is 4.98 Å². The summed E-state index contributed by atoms with van der Waals surface area (Å²) in [7, 11) is 0. The minimum absolute atomic E-state index is 0.0594. The van der Waals surface area contributed by atoms with Crippen molar-refractivity contribution >= 4 is 44.9 Å². The van der Waals surface area contributed by atoms with Crippen LogP contribution >= 0.6 is 22.9 Å². The molecule has 0 bridgehead atoms. The fourth-order valence-corrected chi connectivity index (χ4v) is 4.80. The summed E-state index contributed by atoms with van der Waals surface area (Å²) < 4.78 is 5.92. The van der Waals surface area contributed by atoms with E-state index in [0.717, 1.165) is 16.1 Å². The largest absolute Gasteiger partial charge is 0.450 e. The van der Waals surface area contributed by atoms with Gasteiger partial charge in [0.2, 0.25) is 5.76 Å². The Labute approximate surface area is 175 Å². The molecule has 0 aliphatic carbocycles. The summed E-state index contributed by atoms with van der Waals surface area (Å²) in [4.78, 5) is 33.9. The molecule has 0 saturated heterocycles. The Morgan fingerprint density at radius 3 is 2.62 bits per heavy atom. The van der Waals surface area contributed by atoms with Gasteiger partial charge in [-0.05, 0) is 43.7 Å². The zero-order valence-electron chi connectivity index (χ0n) is 15.6. The van der Waals surface area contributed by atoms with Crippen LogP contribution in [0.15, 0.2) is 57.7 Å². The van der Waals surface area contributed by atoms with E-state index in [-0.39, 0.29) is 17.1 Å². The van der Waals surface area contributed by atoms with E-state index in [1.165, 1.54) is 11.3 Å². The molecule has 0 N–H and O–H groups in total. The SMILES string of the molecule is Cc1nc(N2C(=O)c3oc4ccccc4c(=O)c3[C@@H]2c2cccc(Cl)c2)sc1C. The lowest BCUT2D eigenvalue weighted by Crippen LogP contribution is -2.29. The number of para-hydroxylation sites is 1. The van der Waals surface area contributed by atoms with Gasteiger partial charge in [-0.3, -0.25) is 14.5 Å². The van der Waals surface area contributed by atoms with Crippen molar-refractivity contribution < 1.29 is 9.21 Å². The summed E-state index contributed by atoms with van der Waals surface area (Å²) in [6, 6.07) is 13.5. The molecule has 0 saturated carbocycles. The van der Waals surface area contributed by atoms with Gasteiger partial charge in [-0.1, -0.05) is 35.9 Å². The number of thiazole rings is 1. The van der Waals surface area contributed by atoms with E-state index < -0.39 is 6.04 Å². The molecule has 0 radical (unpaired) electrons. The summed E-state index contributed by atoms with van der Waals surface area (Å²) in [5.41, 5.74) is 2.08. The highest BCUT2D eigenvalue weighted by Gasteiger charge is 2.45. The van der Waals surface area contributed by atoms with Crippen molar-refractivity contribution in [3.05, 3.63) is 91.2 Å². The number of fused-ring (bicyclic) bond motifs is 2. The third kappa shape index (κ3) is 2.71. The van der Waals surface area contributed by atoms with E-state index in [9.17, 15) is 9.59 Å². The average Bonchev–Trinajstić information content (AvgIpc) is 3.19. The van der Waals surface area contributed by atoms with Gasteiger partial charge in [0.1, 0.15) is 5.58 Å². The molecule has 5 nitrogen and oxygen atoms in total. The zero-order chi connectivity index (χ0) is 20.3. The number of hydrogen-bond donors (Lipinski definition) is 0. The third-order valence-electron chi connectivity index (χ3n) is 5.17. The molecule has 3 heterocycles. The predicted molar refractivity (Wildman–Crippen MR) is 114 cm³/mol. The molecule has 0 spiro atoms. The van der Waals surface area contributed by atoms with Crippen molar-refractivity contribution in [1.82, 2.24) is 4.98 Å². The van der Waals surface area contributed by atoms with E-state index in [1.54, 1.807) is 47.4 Å². The van der Waals surface area contributed by atoms with Gasteiger partial charge < -0.3 is 4.42 Å². The monoisotopic (exact) mass is 422 g/mol. The van der Waals surface area contributed by atoms with Crippen molar-refractivity contribution in [3.8, 4) is 0 Å². The fourth-order valence-electron chi connectivity index (χ4n) is 3.67. The summed E-state index contributed by atoms with van der Waals surface area (Å²) >= 11 is 7.64. The first-order chi connectivity index (χ1) is 14.0. The highest BCUT2D eigenvalue weighted by Crippen LogP contribution is 2.43. The number of hydrogen-bond acceptors (Lipinski definition) is 5. The number of aromatic nitrogens is 1. The molecular formula is C22H15ClN2O3S. The average molecular weight is 423 g/mol. The first-order valence-corrected chi connectivity index (χ1v) is 10.2. The van der Waals surface area contributed by atoms with E-state index in [4.69, 9.17) is 16.0 Å². The highest BCUT2D eigenvalue weighted by atomic mass is 35.5. The highest BCUT2D eigenvalue weighted by molar-refractivity contribution is 7.15. The number of halogens is 1. The van der Waals surface area contributed by atoms with Crippen LogP contribution in [0.25, 0.3) is 11.0 Å². The lowest BCUT2D eigenvalue weighted by atomic mass is 9.99. The number of aryl methyl sites for hydroxylation is 2. The number of amides is 1. The zero-order valence-corrected chi connectivity index (χ0v) is 17.2. The molecule has 0 fully saturated rings. The number of benzene rings is 2. The van der Waals surface area contributed by atoms with Crippen LogP contribution in [0, 0.1) is 13.8 Å². The van der Waals surface area contributed by atoms with Crippen molar-refractivity contribution in [2.45, 2.75) is 19.9 Å². The van der Waals surface area contributed by atoms with Crippen LogP contribution in [-0.2, 0) is 0 Å². The molecule has 29 heavy (non-hydrogen) atoms. The van der Waals surface area contributed by atoms with Crippen molar-refractivity contribution in [2.24, 2.45) is 0 Å². The maximum absolute atomic E-state index is 13.4. The Hall–Kier alpha value is -2.96. The predicted octanol–water partition coefficient (Wildman–Crippen LogP) is 5.27. The lowest BCUT2D eigenvalue weighted by Gasteiger charge is -2.22. The van der Waals surface area contributed by atoms with Gasteiger partial charge in [0, 0.05) is 9.90 Å². The first-order valence-electron chi connectivity index (χ1n) is 9.04. The molecule has 4 aromatic rings. The van der Waals surface area contributed by atoms with Crippen LogP contribution in [0.1, 0.15) is 38.3 Å². The first kappa shape index (κ1) is 18.1. The van der Waals surface area contributed by atoms with Crippen molar-refractivity contribution in [3.63, 3.8) is 0 Å². The second kappa shape index (κ2) is 6.54. The molecule has 144 valence electrons. The van der Waals surface area contributed by atoms with Crippen LogP contribution in [-0.4, -0.2) is 10.9 Å². The Kier molecular flexibility index (Phi) is 4.08. The molecule has 2 aromatic heterocycles. The van der Waals surface area contributed by atoms with Gasteiger partial charge >= 0.3 is 0 Å². The quantitative estimate of drug-likeness (QED) is 0.441. The number of carbonyl (C=O) groups is 1. The molecule has 5 rings (SSSR count). The summed E-state index contributed by atoms with van der Waals surface area (Å²) in [6.07, 6.45) is 0. The van der Waals surface area contributed by atoms with Crippen molar-refractivity contribution in [1.29, 1.82) is 0 Å². The molecule has 2 aromatic carbocycles. The minimum atomic E-state index is -0.651. The Morgan fingerprint density at radius 1 is 1.10 bits per heavy atom. The number of carbonyl (C=O) groups excluding carboxylic acids is 1. The standard InChI is InChI=1S/C22H15ClN2O3S/c1-11-12(2)29-22(24-11)25-18(13-6-5-7-14(23)10-13)17-19(26)15-8-3-4-9-16(15)28-20(17)21(25)27/h3-10,18H,1-2H3/t18-/m0/s1. The fraction of sp³-hybridized carbons (Fsp3) is 0.136. The molecule has 7 heteroatoms. The van der Waals surface area contributed by atoms with Gasteiger partial charge in [-0.15, -0.1) is 11.3 Å². The van der Waals surface area contributed by atoms with Crippen LogP contribution in [0.2, 0.25) is 5.02 Å². The number of rotatable bonds is 2. The van der Waals surface area contributed by atoms with E-state index in [1.807, 2.05) is 19.9 Å². The second-order valence-electron chi connectivity index (χ2n) is 6.94. The summed E-state index contributed by atoms with van der Waals surface area (Å²) in [5.74, 6) is -0.314. The topological polar surface area (TPSA) is 63.4 Å². The van der Waals surface area contributed by atoms with E-state index in [0.29, 0.717) is 26.7 Å². The van der Waals surface area contributed by atoms with Gasteiger partial charge in [0.25, 0.3) is 5.91 Å². The summed E-state index contributed by atoms with van der Waals surface area (Å²) in [6.45, 7) is 3.85. The van der Waals surface area contributed by atoms with Gasteiger partial charge in [0.05, 0.1) is 22.7 Å². The van der Waals surface area contributed by atoms with Crippen LogP contribution < -0.4 is 10.3 Å². The van der Waals surface area contributed by atoms with Gasteiger partial charge in [0.15, 0.2) is 10.6 Å². The Bertz CT molecular complexity index is 1340. The Morgan fingerprint density at radius 2 is 1.90 bits per heavy atom. The molecule has 1 aliphatic heterocycles. The van der Waals surface area contributed by atoms with E-state index >= 15 is 0 Å².